The zero-order chi connectivity index (χ0) is 30.1. The number of alkyl halides is 8. The number of hydrogen-bond acceptors (Lipinski definition) is 5. The van der Waals surface area contributed by atoms with E-state index in [-0.39, 0.29) is 45.6 Å². The molecule has 234 valence electrons. The van der Waals surface area contributed by atoms with Crippen molar-refractivity contribution in [2.24, 2.45) is 35.5 Å². The molecular weight excluding hydrogens is 566 g/mol. The maximum absolute atomic E-state index is 16.0. The van der Waals surface area contributed by atoms with Gasteiger partial charge in [-0.25, -0.2) is 24.0 Å². The third-order valence-electron chi connectivity index (χ3n) is 10.3. The van der Waals surface area contributed by atoms with Crippen molar-refractivity contribution in [3.05, 3.63) is 0 Å². The van der Waals surface area contributed by atoms with Crippen LogP contribution >= 0.6 is 0 Å². The molecule has 0 aromatic carbocycles. The standard InChI is InChI=1S/C26H37F8N5O2/c1-24(29,25(30,31)23-36-35-12-37(23)2)15-4-3-5-16(8-15)39-11-18-17(22(39)41)6-13(7-19(18)26(32,33)34)21(40)38-9-14(10-38)20(27)28/h13-20,23,35-36H,3-12H2,1-2H3/t13?,15?,16?,17?,18?,19?,23?,24-/m1/s1. The first-order chi connectivity index (χ1) is 19.0. The van der Waals surface area contributed by atoms with Crippen LogP contribution in [0.15, 0.2) is 0 Å². The fourth-order valence-electron chi connectivity index (χ4n) is 7.74. The van der Waals surface area contributed by atoms with Crippen LogP contribution < -0.4 is 10.9 Å². The molecule has 0 bridgehead atoms. The van der Waals surface area contributed by atoms with Gasteiger partial charge >= 0.3 is 12.1 Å². The predicted octanol–water partition coefficient (Wildman–Crippen LogP) is 3.62. The summed E-state index contributed by atoms with van der Waals surface area (Å²) >= 11 is 0. The van der Waals surface area contributed by atoms with Gasteiger partial charge in [-0.15, -0.1) is 0 Å². The van der Waals surface area contributed by atoms with Gasteiger partial charge in [0.2, 0.25) is 18.2 Å². The van der Waals surface area contributed by atoms with E-state index in [0.717, 1.165) is 11.8 Å². The summed E-state index contributed by atoms with van der Waals surface area (Å²) in [6.07, 6.45) is -8.84. The molecule has 3 saturated heterocycles. The molecule has 7 nitrogen and oxygen atoms in total. The maximum Gasteiger partial charge on any atom is 0.392 e. The molecule has 2 aliphatic carbocycles. The average molecular weight is 604 g/mol. The van der Waals surface area contributed by atoms with Gasteiger partial charge in [0.05, 0.1) is 18.5 Å². The van der Waals surface area contributed by atoms with Gasteiger partial charge in [0.25, 0.3) is 0 Å². The van der Waals surface area contributed by atoms with Gasteiger partial charge in [0.1, 0.15) is 6.17 Å². The monoisotopic (exact) mass is 603 g/mol. The first kappa shape index (κ1) is 30.7. The molecule has 7 unspecified atom stereocenters. The SMILES string of the molecule is CN1CNNC1C(F)(F)[C@](C)(F)C1CCCC(N2CC3C(CC(C(=O)N4CC(C(F)F)C4)CC3C(F)(F)F)C2=O)C1. The van der Waals surface area contributed by atoms with Crippen molar-refractivity contribution < 1.29 is 44.7 Å². The Morgan fingerprint density at radius 2 is 1.68 bits per heavy atom. The van der Waals surface area contributed by atoms with Gasteiger partial charge in [-0.1, -0.05) is 6.42 Å². The van der Waals surface area contributed by atoms with Gasteiger partial charge < -0.3 is 9.80 Å². The largest absolute Gasteiger partial charge is 0.392 e. The highest BCUT2D eigenvalue weighted by molar-refractivity contribution is 5.85. The first-order valence-electron chi connectivity index (χ1n) is 14.2. The Labute approximate surface area is 233 Å². The van der Waals surface area contributed by atoms with Crippen molar-refractivity contribution in [3.63, 3.8) is 0 Å². The number of rotatable bonds is 6. The molecular formula is C26H37F8N5O2. The van der Waals surface area contributed by atoms with Gasteiger partial charge in [-0.2, -0.15) is 22.0 Å². The van der Waals surface area contributed by atoms with Crippen LogP contribution in [0.5, 0.6) is 0 Å². The molecule has 8 atom stereocenters. The quantitative estimate of drug-likeness (QED) is 0.455. The van der Waals surface area contributed by atoms with E-state index in [2.05, 4.69) is 10.9 Å². The van der Waals surface area contributed by atoms with E-state index < -0.39 is 90.1 Å². The summed E-state index contributed by atoms with van der Waals surface area (Å²) < 4.78 is 115. The summed E-state index contributed by atoms with van der Waals surface area (Å²) in [6.45, 7) is 0.249. The van der Waals surface area contributed by atoms with Crippen LogP contribution in [0.3, 0.4) is 0 Å². The lowest BCUT2D eigenvalue weighted by Gasteiger charge is -2.45. The number of nitrogens with zero attached hydrogens (tertiary/aromatic N) is 3. The highest BCUT2D eigenvalue weighted by Crippen LogP contribution is 2.53. The molecule has 15 heteroatoms. The number of likely N-dealkylation sites (tertiary alicyclic amines) is 2. The van der Waals surface area contributed by atoms with Crippen molar-refractivity contribution >= 4 is 11.8 Å². The van der Waals surface area contributed by atoms with Crippen LogP contribution in [0, 0.1) is 35.5 Å². The second-order valence-corrected chi connectivity index (χ2v) is 12.8. The van der Waals surface area contributed by atoms with E-state index >= 15 is 13.2 Å². The third-order valence-corrected chi connectivity index (χ3v) is 10.3. The Balaban J connectivity index is 1.31. The minimum absolute atomic E-state index is 0.0864. The van der Waals surface area contributed by atoms with Crippen molar-refractivity contribution in [2.75, 3.05) is 33.4 Å². The summed E-state index contributed by atoms with van der Waals surface area (Å²) in [7, 11) is 1.42. The number of hydrogen-bond donors (Lipinski definition) is 2. The molecule has 0 aromatic heterocycles. The number of hydrazine groups is 1. The summed E-state index contributed by atoms with van der Waals surface area (Å²) in [5, 5.41) is 0. The second kappa shape index (κ2) is 10.8. The van der Waals surface area contributed by atoms with Crippen LogP contribution in [0.2, 0.25) is 0 Å². The molecule has 3 heterocycles. The van der Waals surface area contributed by atoms with E-state index in [1.54, 1.807) is 0 Å². The van der Waals surface area contributed by atoms with E-state index in [4.69, 9.17) is 0 Å². The second-order valence-electron chi connectivity index (χ2n) is 12.8. The van der Waals surface area contributed by atoms with Gasteiger partial charge in [-0.3, -0.25) is 14.5 Å². The van der Waals surface area contributed by atoms with Crippen LogP contribution in [0.1, 0.15) is 45.4 Å². The fraction of sp³-hybridized carbons (Fsp3) is 0.923. The first-order valence-corrected chi connectivity index (χ1v) is 14.2. The Hall–Kier alpha value is -1.74. The van der Waals surface area contributed by atoms with Crippen LogP contribution in [0.25, 0.3) is 0 Å². The molecule has 41 heavy (non-hydrogen) atoms. The van der Waals surface area contributed by atoms with Gasteiger partial charge in [0, 0.05) is 43.4 Å². The van der Waals surface area contributed by atoms with Crippen molar-refractivity contribution in [1.82, 2.24) is 25.6 Å². The molecule has 0 aromatic rings. The third kappa shape index (κ3) is 5.32. The van der Waals surface area contributed by atoms with E-state index in [1.807, 2.05) is 0 Å². The normalized spacial score (nSPS) is 37.3. The zero-order valence-corrected chi connectivity index (χ0v) is 22.9. The molecule has 0 radical (unpaired) electrons. The smallest absolute Gasteiger partial charge is 0.341 e. The molecule has 5 aliphatic rings. The van der Waals surface area contributed by atoms with Crippen LogP contribution in [-0.4, -0.2) is 96.3 Å². The van der Waals surface area contributed by atoms with Gasteiger partial charge in [-0.05, 0) is 52.0 Å². The van der Waals surface area contributed by atoms with Crippen molar-refractivity contribution in [3.8, 4) is 0 Å². The molecule has 2 N–H and O–H groups in total. The van der Waals surface area contributed by atoms with E-state index in [1.165, 1.54) is 16.8 Å². The number of fused-ring (bicyclic) bond motifs is 1. The molecule has 2 saturated carbocycles. The van der Waals surface area contributed by atoms with Gasteiger partial charge in [0.15, 0.2) is 5.67 Å². The summed E-state index contributed by atoms with van der Waals surface area (Å²) in [6, 6.07) is -0.699. The maximum atomic E-state index is 16.0. The Morgan fingerprint density at radius 1 is 1.00 bits per heavy atom. The highest BCUT2D eigenvalue weighted by Gasteiger charge is 2.64. The molecule has 0 spiro atoms. The lowest BCUT2D eigenvalue weighted by Crippen LogP contribution is -2.62. The minimum Gasteiger partial charge on any atom is -0.341 e. The van der Waals surface area contributed by atoms with E-state index in [0.29, 0.717) is 12.8 Å². The number of carbonyl (C=O) groups is 2. The van der Waals surface area contributed by atoms with Crippen molar-refractivity contribution in [1.29, 1.82) is 0 Å². The lowest BCUT2D eigenvalue weighted by atomic mass is 9.68. The summed E-state index contributed by atoms with van der Waals surface area (Å²) in [5.41, 5.74) is 2.01. The number of halogens is 8. The van der Waals surface area contributed by atoms with Crippen LogP contribution in [-0.2, 0) is 9.59 Å². The zero-order valence-electron chi connectivity index (χ0n) is 22.9. The van der Waals surface area contributed by atoms with Crippen LogP contribution in [0.4, 0.5) is 35.1 Å². The number of nitrogens with one attached hydrogen (secondary N) is 2. The fourth-order valence-corrected chi connectivity index (χ4v) is 7.74. The average Bonchev–Trinajstić information content (AvgIpc) is 3.45. The molecule has 5 rings (SSSR count). The predicted molar refractivity (Wildman–Crippen MR) is 130 cm³/mol. The lowest BCUT2D eigenvalue weighted by molar-refractivity contribution is -0.205. The number of carbonyl (C=O) groups excluding carboxylic acids is 2. The molecule has 3 aliphatic heterocycles. The Morgan fingerprint density at radius 3 is 2.27 bits per heavy atom. The Kier molecular flexibility index (Phi) is 8.06. The summed E-state index contributed by atoms with van der Waals surface area (Å²) in [5.74, 6) is -12.4. The molecule has 5 fully saturated rings. The van der Waals surface area contributed by atoms with Crippen molar-refractivity contribution in [2.45, 2.75) is 81.8 Å². The minimum atomic E-state index is -4.69. The Bertz CT molecular complexity index is 1010. The highest BCUT2D eigenvalue weighted by atomic mass is 19.4. The summed E-state index contributed by atoms with van der Waals surface area (Å²) in [4.78, 5) is 30.2. The number of amides is 2. The van der Waals surface area contributed by atoms with E-state index in [9.17, 15) is 31.5 Å². The topological polar surface area (TPSA) is 67.9 Å². The molecule has 2 amide bonds.